The summed E-state index contributed by atoms with van der Waals surface area (Å²) in [5.41, 5.74) is 5.75. The van der Waals surface area contributed by atoms with Gasteiger partial charge in [0.15, 0.2) is 0 Å². The van der Waals surface area contributed by atoms with Gasteiger partial charge in [-0.1, -0.05) is 36.4 Å². The van der Waals surface area contributed by atoms with Gasteiger partial charge < -0.3 is 4.57 Å². The summed E-state index contributed by atoms with van der Waals surface area (Å²) in [7, 11) is 0. The highest BCUT2D eigenvalue weighted by atomic mass is 15.0. The standard InChI is InChI=1S/C19H16N2/c1-13-11-15(12-14(2)20-13)21-18-9-5-3-7-16(18)17-8-4-6-10-19(17)21/h3-12H,1-2H3. The van der Waals surface area contributed by atoms with Crippen molar-refractivity contribution in [3.05, 3.63) is 72.1 Å². The first-order chi connectivity index (χ1) is 10.2. The lowest BCUT2D eigenvalue weighted by molar-refractivity contribution is 1.07. The number of benzene rings is 2. The SMILES string of the molecule is Cc1cc(-n2c3ccccc3c3ccccc32)cc(C)n1. The molecule has 4 rings (SSSR count). The lowest BCUT2D eigenvalue weighted by Gasteiger charge is -2.09. The maximum absolute atomic E-state index is 4.49. The minimum Gasteiger partial charge on any atom is -0.309 e. The van der Waals surface area contributed by atoms with E-state index < -0.39 is 0 Å². The van der Waals surface area contributed by atoms with Gasteiger partial charge in [-0.15, -0.1) is 0 Å². The van der Waals surface area contributed by atoms with Crippen molar-refractivity contribution in [2.75, 3.05) is 0 Å². The second kappa shape index (κ2) is 4.45. The Kier molecular flexibility index (Phi) is 2.58. The third kappa shape index (κ3) is 1.83. The number of nitrogens with zero attached hydrogens (tertiary/aromatic N) is 2. The van der Waals surface area contributed by atoms with Gasteiger partial charge in [0.05, 0.1) is 11.0 Å². The molecule has 0 atom stereocenters. The second-order valence-electron chi connectivity index (χ2n) is 5.48. The summed E-state index contributed by atoms with van der Waals surface area (Å²) in [4.78, 5) is 4.49. The largest absolute Gasteiger partial charge is 0.309 e. The maximum atomic E-state index is 4.49. The first-order valence-electron chi connectivity index (χ1n) is 7.18. The molecule has 0 amide bonds. The van der Waals surface area contributed by atoms with Gasteiger partial charge in [-0.25, -0.2) is 0 Å². The van der Waals surface area contributed by atoms with E-state index in [1.54, 1.807) is 0 Å². The summed E-state index contributed by atoms with van der Waals surface area (Å²) < 4.78 is 2.33. The Bertz CT molecular complexity index is 890. The van der Waals surface area contributed by atoms with Gasteiger partial charge in [-0.3, -0.25) is 4.98 Å². The summed E-state index contributed by atoms with van der Waals surface area (Å²) in [5.74, 6) is 0. The third-order valence-corrected chi connectivity index (χ3v) is 3.90. The zero-order valence-electron chi connectivity index (χ0n) is 12.2. The fraction of sp³-hybridized carbons (Fsp3) is 0.105. The van der Waals surface area contributed by atoms with Crippen LogP contribution in [-0.4, -0.2) is 9.55 Å². The Morgan fingerprint density at radius 2 is 1.19 bits per heavy atom. The lowest BCUT2D eigenvalue weighted by Crippen LogP contribution is -1.97. The predicted octanol–water partition coefficient (Wildman–Crippen LogP) is 4.80. The Hall–Kier alpha value is -2.61. The van der Waals surface area contributed by atoms with Gasteiger partial charge in [-0.2, -0.15) is 0 Å². The van der Waals surface area contributed by atoms with E-state index in [0.29, 0.717) is 0 Å². The topological polar surface area (TPSA) is 17.8 Å². The van der Waals surface area contributed by atoms with Gasteiger partial charge in [0, 0.05) is 27.8 Å². The molecule has 0 aliphatic heterocycles. The highest BCUT2D eigenvalue weighted by Gasteiger charge is 2.11. The molecule has 4 aromatic rings. The van der Waals surface area contributed by atoms with Gasteiger partial charge in [-0.05, 0) is 38.1 Å². The van der Waals surface area contributed by atoms with Crippen molar-refractivity contribution in [3.63, 3.8) is 0 Å². The Balaban J connectivity index is 2.20. The maximum Gasteiger partial charge on any atom is 0.0541 e. The van der Waals surface area contributed by atoms with Crippen LogP contribution in [0.5, 0.6) is 0 Å². The predicted molar refractivity (Wildman–Crippen MR) is 88.1 cm³/mol. The number of para-hydroxylation sites is 2. The van der Waals surface area contributed by atoms with Crippen LogP contribution < -0.4 is 0 Å². The minimum absolute atomic E-state index is 1.05. The molecule has 0 N–H and O–H groups in total. The van der Waals surface area contributed by atoms with E-state index in [9.17, 15) is 0 Å². The van der Waals surface area contributed by atoms with Crippen LogP contribution in [0, 0.1) is 13.8 Å². The van der Waals surface area contributed by atoms with Gasteiger partial charge in [0.25, 0.3) is 0 Å². The molecular formula is C19H16N2. The second-order valence-corrected chi connectivity index (χ2v) is 5.48. The number of hydrogen-bond donors (Lipinski definition) is 0. The van der Waals surface area contributed by atoms with Crippen LogP contribution in [0.4, 0.5) is 0 Å². The van der Waals surface area contributed by atoms with Crippen LogP contribution in [0.15, 0.2) is 60.7 Å². The summed E-state index contributed by atoms with van der Waals surface area (Å²) >= 11 is 0. The number of aromatic nitrogens is 2. The smallest absolute Gasteiger partial charge is 0.0541 e. The van der Waals surface area contributed by atoms with E-state index in [4.69, 9.17) is 0 Å². The molecule has 0 unspecified atom stereocenters. The van der Waals surface area contributed by atoms with Crippen LogP contribution in [-0.2, 0) is 0 Å². The molecule has 0 aliphatic carbocycles. The Morgan fingerprint density at radius 1 is 0.714 bits per heavy atom. The molecular weight excluding hydrogens is 256 g/mol. The molecule has 102 valence electrons. The molecule has 2 aromatic heterocycles. The van der Waals surface area contributed by atoms with Crippen molar-refractivity contribution >= 4 is 21.8 Å². The van der Waals surface area contributed by atoms with Crippen molar-refractivity contribution in [3.8, 4) is 5.69 Å². The first-order valence-corrected chi connectivity index (χ1v) is 7.18. The molecule has 2 aromatic carbocycles. The number of hydrogen-bond acceptors (Lipinski definition) is 1. The van der Waals surface area contributed by atoms with E-state index in [2.05, 4.69) is 70.2 Å². The van der Waals surface area contributed by atoms with Crippen molar-refractivity contribution in [1.82, 2.24) is 9.55 Å². The van der Waals surface area contributed by atoms with Crippen LogP contribution in [0.3, 0.4) is 0 Å². The first kappa shape index (κ1) is 12.2. The molecule has 0 saturated heterocycles. The zero-order valence-corrected chi connectivity index (χ0v) is 12.2. The quantitative estimate of drug-likeness (QED) is 0.487. The number of aryl methyl sites for hydroxylation is 2. The minimum atomic E-state index is 1.05. The Labute approximate surface area is 123 Å². The van der Waals surface area contributed by atoms with Crippen molar-refractivity contribution in [2.45, 2.75) is 13.8 Å². The monoisotopic (exact) mass is 272 g/mol. The van der Waals surface area contributed by atoms with Crippen molar-refractivity contribution in [1.29, 1.82) is 0 Å². The van der Waals surface area contributed by atoms with Gasteiger partial charge in [0.1, 0.15) is 0 Å². The van der Waals surface area contributed by atoms with E-state index in [-0.39, 0.29) is 0 Å². The van der Waals surface area contributed by atoms with Crippen LogP contribution in [0.2, 0.25) is 0 Å². The molecule has 2 heteroatoms. The van der Waals surface area contributed by atoms with E-state index in [1.807, 2.05) is 13.8 Å². The highest BCUT2D eigenvalue weighted by molar-refractivity contribution is 6.09. The van der Waals surface area contributed by atoms with Crippen molar-refractivity contribution in [2.24, 2.45) is 0 Å². The normalized spacial score (nSPS) is 11.3. The molecule has 0 aliphatic rings. The summed E-state index contributed by atoms with van der Waals surface area (Å²) in [6.07, 6.45) is 0. The fourth-order valence-electron chi connectivity index (χ4n) is 3.14. The van der Waals surface area contributed by atoms with E-state index in [0.717, 1.165) is 11.4 Å². The van der Waals surface area contributed by atoms with Gasteiger partial charge >= 0.3 is 0 Å². The molecule has 0 bridgehead atoms. The fourth-order valence-corrected chi connectivity index (χ4v) is 3.14. The van der Waals surface area contributed by atoms with Gasteiger partial charge in [0.2, 0.25) is 0 Å². The summed E-state index contributed by atoms with van der Waals surface area (Å²) in [6.45, 7) is 4.09. The summed E-state index contributed by atoms with van der Waals surface area (Å²) in [5, 5.41) is 2.58. The molecule has 21 heavy (non-hydrogen) atoms. The zero-order chi connectivity index (χ0) is 14.4. The van der Waals surface area contributed by atoms with Crippen LogP contribution in [0.25, 0.3) is 27.5 Å². The number of rotatable bonds is 1. The lowest BCUT2D eigenvalue weighted by atomic mass is 10.2. The molecule has 0 fully saturated rings. The van der Waals surface area contributed by atoms with Crippen molar-refractivity contribution < 1.29 is 0 Å². The Morgan fingerprint density at radius 3 is 1.71 bits per heavy atom. The van der Waals surface area contributed by atoms with E-state index >= 15 is 0 Å². The average molecular weight is 272 g/mol. The molecule has 0 spiro atoms. The average Bonchev–Trinajstić information content (AvgIpc) is 2.81. The third-order valence-electron chi connectivity index (χ3n) is 3.90. The number of fused-ring (bicyclic) bond motifs is 3. The molecule has 2 nitrogen and oxygen atoms in total. The molecule has 0 radical (unpaired) electrons. The van der Waals surface area contributed by atoms with E-state index in [1.165, 1.54) is 27.5 Å². The molecule has 2 heterocycles. The highest BCUT2D eigenvalue weighted by Crippen LogP contribution is 2.31. The summed E-state index contributed by atoms with van der Waals surface area (Å²) in [6, 6.07) is 21.4. The van der Waals surface area contributed by atoms with Crippen LogP contribution >= 0.6 is 0 Å². The molecule has 0 saturated carbocycles. The number of pyridine rings is 1. The van der Waals surface area contributed by atoms with Crippen LogP contribution in [0.1, 0.15) is 11.4 Å².